The van der Waals surface area contributed by atoms with E-state index in [-0.39, 0.29) is 16.9 Å². The van der Waals surface area contributed by atoms with Crippen molar-refractivity contribution in [3.8, 4) is 11.5 Å². The molecule has 0 aromatic heterocycles. The molecular formula is C18H22O3. The Morgan fingerprint density at radius 2 is 1.29 bits per heavy atom. The maximum atomic E-state index is 9.48. The minimum atomic E-state index is -0.323. The van der Waals surface area contributed by atoms with Gasteiger partial charge in [-0.2, -0.15) is 0 Å². The van der Waals surface area contributed by atoms with Gasteiger partial charge < -0.3 is 14.9 Å². The summed E-state index contributed by atoms with van der Waals surface area (Å²) in [6.07, 6.45) is 0.973. The van der Waals surface area contributed by atoms with Gasteiger partial charge in [0, 0.05) is 12.0 Å². The number of rotatable bonds is 6. The van der Waals surface area contributed by atoms with Gasteiger partial charge >= 0.3 is 0 Å². The van der Waals surface area contributed by atoms with Gasteiger partial charge in [-0.05, 0) is 48.7 Å². The topological polar surface area (TPSA) is 49.7 Å². The second-order valence-corrected chi connectivity index (χ2v) is 5.48. The summed E-state index contributed by atoms with van der Waals surface area (Å²) in [5.74, 6) is 0.502. The molecule has 3 heteroatoms. The van der Waals surface area contributed by atoms with Crippen molar-refractivity contribution >= 4 is 0 Å². The quantitative estimate of drug-likeness (QED) is 0.793. The lowest BCUT2D eigenvalue weighted by Crippen LogP contribution is -2.30. The second kappa shape index (κ2) is 6.64. The Hall–Kier alpha value is -2.00. The Labute approximate surface area is 125 Å². The highest BCUT2D eigenvalue weighted by Gasteiger charge is 2.29. The van der Waals surface area contributed by atoms with Crippen LogP contribution in [0.3, 0.4) is 0 Å². The standard InChI is InChI=1S/C18H22O3/c1-3-12-21-13-18(2,14-4-8-16(19)9-5-14)15-6-10-17(20)11-7-15/h4-11,19-20H,3,12-13H2,1-2H3. The van der Waals surface area contributed by atoms with Crippen molar-refractivity contribution in [1.82, 2.24) is 0 Å². The summed E-state index contributed by atoms with van der Waals surface area (Å²) >= 11 is 0. The first-order chi connectivity index (χ1) is 10.1. The number of ether oxygens (including phenoxy) is 1. The highest BCUT2D eigenvalue weighted by atomic mass is 16.5. The third kappa shape index (κ3) is 3.56. The summed E-state index contributed by atoms with van der Waals surface area (Å²) in [5, 5.41) is 19.0. The van der Waals surface area contributed by atoms with Crippen LogP contribution in [0.1, 0.15) is 31.4 Å². The predicted molar refractivity (Wildman–Crippen MR) is 83.8 cm³/mol. The summed E-state index contributed by atoms with van der Waals surface area (Å²) in [5.41, 5.74) is 1.82. The van der Waals surface area contributed by atoms with E-state index >= 15 is 0 Å². The molecule has 0 bridgehead atoms. The zero-order valence-electron chi connectivity index (χ0n) is 12.5. The molecule has 2 rings (SSSR count). The molecule has 0 saturated carbocycles. The van der Waals surface area contributed by atoms with E-state index in [1.807, 2.05) is 24.3 Å². The number of benzene rings is 2. The summed E-state index contributed by atoms with van der Waals surface area (Å²) in [6.45, 7) is 5.46. The van der Waals surface area contributed by atoms with Crippen LogP contribution in [0.4, 0.5) is 0 Å². The maximum Gasteiger partial charge on any atom is 0.115 e. The molecule has 3 nitrogen and oxygen atoms in total. The third-order valence-corrected chi connectivity index (χ3v) is 3.75. The molecule has 2 aromatic carbocycles. The Bertz CT molecular complexity index is 513. The van der Waals surface area contributed by atoms with E-state index in [1.165, 1.54) is 0 Å². The Morgan fingerprint density at radius 1 is 0.857 bits per heavy atom. The van der Waals surface area contributed by atoms with Gasteiger partial charge in [0.05, 0.1) is 6.61 Å². The molecule has 2 aromatic rings. The van der Waals surface area contributed by atoms with Crippen LogP contribution in [0.2, 0.25) is 0 Å². The Kier molecular flexibility index (Phi) is 4.86. The molecule has 2 N–H and O–H groups in total. The molecule has 0 aliphatic rings. The van der Waals surface area contributed by atoms with Gasteiger partial charge in [0.15, 0.2) is 0 Å². The summed E-state index contributed by atoms with van der Waals surface area (Å²) in [7, 11) is 0. The van der Waals surface area contributed by atoms with Crippen molar-refractivity contribution in [2.45, 2.75) is 25.7 Å². The van der Waals surface area contributed by atoms with Crippen LogP contribution in [0.15, 0.2) is 48.5 Å². The fourth-order valence-electron chi connectivity index (χ4n) is 2.41. The van der Waals surface area contributed by atoms with Crippen molar-refractivity contribution in [3.63, 3.8) is 0 Å². The third-order valence-electron chi connectivity index (χ3n) is 3.75. The van der Waals surface area contributed by atoms with E-state index in [4.69, 9.17) is 4.74 Å². The summed E-state index contributed by atoms with van der Waals surface area (Å²) in [4.78, 5) is 0. The molecule has 0 spiro atoms. The number of phenols is 2. The molecule has 0 aliphatic heterocycles. The lowest BCUT2D eigenvalue weighted by Gasteiger charge is -2.31. The molecule has 0 amide bonds. The molecule has 0 radical (unpaired) electrons. The van der Waals surface area contributed by atoms with Crippen LogP contribution in [0.5, 0.6) is 11.5 Å². The zero-order chi connectivity index (χ0) is 15.3. The van der Waals surface area contributed by atoms with Crippen molar-refractivity contribution in [3.05, 3.63) is 59.7 Å². The fraction of sp³-hybridized carbons (Fsp3) is 0.333. The molecule has 21 heavy (non-hydrogen) atoms. The second-order valence-electron chi connectivity index (χ2n) is 5.48. The molecular weight excluding hydrogens is 264 g/mol. The Balaban J connectivity index is 2.37. The SMILES string of the molecule is CCCOCC(C)(c1ccc(O)cc1)c1ccc(O)cc1. The first-order valence-electron chi connectivity index (χ1n) is 7.23. The van der Waals surface area contributed by atoms with Crippen LogP contribution < -0.4 is 0 Å². The predicted octanol–water partition coefficient (Wildman–Crippen LogP) is 3.83. The lowest BCUT2D eigenvalue weighted by molar-refractivity contribution is 0.102. The van der Waals surface area contributed by atoms with Gasteiger partial charge in [0.2, 0.25) is 0 Å². The van der Waals surface area contributed by atoms with E-state index in [0.29, 0.717) is 13.2 Å². The molecule has 0 unspecified atom stereocenters. The molecule has 0 atom stereocenters. The normalized spacial score (nSPS) is 11.5. The van der Waals surface area contributed by atoms with Crippen LogP contribution in [-0.4, -0.2) is 23.4 Å². The number of hydrogen-bond acceptors (Lipinski definition) is 3. The van der Waals surface area contributed by atoms with Crippen LogP contribution in [0, 0.1) is 0 Å². The number of phenolic OH excluding ortho intramolecular Hbond substituents is 2. The van der Waals surface area contributed by atoms with Gasteiger partial charge in [-0.25, -0.2) is 0 Å². The first-order valence-corrected chi connectivity index (χ1v) is 7.23. The van der Waals surface area contributed by atoms with E-state index in [2.05, 4.69) is 13.8 Å². The Morgan fingerprint density at radius 3 is 1.67 bits per heavy atom. The van der Waals surface area contributed by atoms with E-state index in [9.17, 15) is 10.2 Å². The lowest BCUT2D eigenvalue weighted by atomic mass is 9.77. The highest BCUT2D eigenvalue weighted by molar-refractivity contribution is 5.42. The van der Waals surface area contributed by atoms with Crippen LogP contribution >= 0.6 is 0 Å². The van der Waals surface area contributed by atoms with Crippen LogP contribution in [0.25, 0.3) is 0 Å². The monoisotopic (exact) mass is 286 g/mol. The smallest absolute Gasteiger partial charge is 0.115 e. The van der Waals surface area contributed by atoms with E-state index < -0.39 is 0 Å². The molecule has 0 fully saturated rings. The van der Waals surface area contributed by atoms with Gasteiger partial charge in [0.1, 0.15) is 11.5 Å². The fourth-order valence-corrected chi connectivity index (χ4v) is 2.41. The minimum Gasteiger partial charge on any atom is -0.508 e. The summed E-state index contributed by atoms with van der Waals surface area (Å²) in [6, 6.07) is 14.4. The average Bonchev–Trinajstić information content (AvgIpc) is 2.48. The number of hydrogen-bond donors (Lipinski definition) is 2. The molecule has 0 heterocycles. The summed E-state index contributed by atoms with van der Waals surface area (Å²) < 4.78 is 5.79. The van der Waals surface area contributed by atoms with Gasteiger partial charge in [-0.15, -0.1) is 0 Å². The van der Waals surface area contributed by atoms with Crippen molar-refractivity contribution < 1.29 is 14.9 Å². The maximum absolute atomic E-state index is 9.48. The van der Waals surface area contributed by atoms with Crippen molar-refractivity contribution in [2.75, 3.05) is 13.2 Å². The molecule has 0 saturated heterocycles. The van der Waals surface area contributed by atoms with Crippen molar-refractivity contribution in [1.29, 1.82) is 0 Å². The first kappa shape index (κ1) is 15.4. The van der Waals surface area contributed by atoms with Crippen molar-refractivity contribution in [2.24, 2.45) is 0 Å². The zero-order valence-corrected chi connectivity index (χ0v) is 12.5. The van der Waals surface area contributed by atoms with Gasteiger partial charge in [0.25, 0.3) is 0 Å². The molecule has 0 aliphatic carbocycles. The van der Waals surface area contributed by atoms with E-state index in [0.717, 1.165) is 17.5 Å². The minimum absolute atomic E-state index is 0.251. The van der Waals surface area contributed by atoms with Gasteiger partial charge in [-0.1, -0.05) is 31.2 Å². The van der Waals surface area contributed by atoms with E-state index in [1.54, 1.807) is 24.3 Å². The largest absolute Gasteiger partial charge is 0.508 e. The number of aromatic hydroxyl groups is 2. The molecule has 112 valence electrons. The van der Waals surface area contributed by atoms with Gasteiger partial charge in [-0.3, -0.25) is 0 Å². The average molecular weight is 286 g/mol. The van der Waals surface area contributed by atoms with Crippen LogP contribution in [-0.2, 0) is 10.2 Å². The highest BCUT2D eigenvalue weighted by Crippen LogP contribution is 2.34.